The van der Waals surface area contributed by atoms with Crippen molar-refractivity contribution >= 4 is 17.4 Å². The van der Waals surface area contributed by atoms with Gasteiger partial charge in [-0.25, -0.2) is 0 Å². The van der Waals surface area contributed by atoms with Crippen molar-refractivity contribution in [3.63, 3.8) is 0 Å². The van der Waals surface area contributed by atoms with Crippen molar-refractivity contribution in [2.75, 3.05) is 0 Å². The Balaban J connectivity index is 3.04. The highest BCUT2D eigenvalue weighted by atomic mass is 35.5. The highest BCUT2D eigenvalue weighted by molar-refractivity contribution is 6.34. The first-order valence-electron chi connectivity index (χ1n) is 3.53. The number of carbonyl (C=O) groups excluding carboxylic acids is 1. The van der Waals surface area contributed by atoms with E-state index in [1.54, 1.807) is 12.1 Å². The van der Waals surface area contributed by atoms with Gasteiger partial charge in [-0.05, 0) is 12.1 Å². The van der Waals surface area contributed by atoms with Gasteiger partial charge in [-0.1, -0.05) is 23.7 Å². The van der Waals surface area contributed by atoms with Crippen LogP contribution in [0, 0.1) is 11.3 Å². The van der Waals surface area contributed by atoms with Crippen molar-refractivity contribution in [2.45, 2.75) is 6.10 Å². The van der Waals surface area contributed by atoms with Crippen molar-refractivity contribution in [3.8, 4) is 6.07 Å². The lowest BCUT2D eigenvalue weighted by Gasteiger charge is -2.02. The third kappa shape index (κ3) is 2.05. The molecule has 66 valence electrons. The summed E-state index contributed by atoms with van der Waals surface area (Å²) < 4.78 is 0. The van der Waals surface area contributed by atoms with Gasteiger partial charge in [0.2, 0.25) is 11.9 Å². The van der Waals surface area contributed by atoms with Crippen LogP contribution < -0.4 is 0 Å². The van der Waals surface area contributed by atoms with E-state index in [-0.39, 0.29) is 10.6 Å². The normalized spacial score (nSPS) is 11.8. The average molecular weight is 196 g/mol. The van der Waals surface area contributed by atoms with E-state index >= 15 is 0 Å². The minimum absolute atomic E-state index is 0.165. The van der Waals surface area contributed by atoms with Gasteiger partial charge in [0.05, 0.1) is 5.02 Å². The number of hydrogen-bond acceptors (Lipinski definition) is 3. The minimum atomic E-state index is -1.64. The Morgan fingerprint density at radius 2 is 2.15 bits per heavy atom. The highest BCUT2D eigenvalue weighted by Crippen LogP contribution is 2.16. The summed E-state index contributed by atoms with van der Waals surface area (Å²) in [5.74, 6) is -0.673. The van der Waals surface area contributed by atoms with E-state index in [1.165, 1.54) is 18.2 Å². The Kier molecular flexibility index (Phi) is 3.02. The number of nitrogens with zero attached hydrogens (tertiary/aromatic N) is 1. The molecule has 0 heterocycles. The fourth-order valence-electron chi connectivity index (χ4n) is 0.867. The first-order valence-corrected chi connectivity index (χ1v) is 3.91. The molecular weight excluding hydrogens is 190 g/mol. The molecule has 0 aliphatic heterocycles. The summed E-state index contributed by atoms with van der Waals surface area (Å²) >= 11 is 5.68. The topological polar surface area (TPSA) is 61.1 Å². The molecule has 3 nitrogen and oxygen atoms in total. The lowest BCUT2D eigenvalue weighted by atomic mass is 10.1. The number of ketones is 1. The van der Waals surface area contributed by atoms with Crippen LogP contribution >= 0.6 is 11.6 Å². The fraction of sp³-hybridized carbons (Fsp3) is 0.111. The highest BCUT2D eigenvalue weighted by Gasteiger charge is 2.18. The Labute approximate surface area is 80.2 Å². The van der Waals surface area contributed by atoms with Gasteiger partial charge in [-0.2, -0.15) is 5.26 Å². The standard InChI is InChI=1S/C9H6ClNO2/c10-7-4-2-1-3-6(7)9(13)8(12)5-11/h1-4,8,12H. The van der Waals surface area contributed by atoms with Gasteiger partial charge in [-0.3, -0.25) is 4.79 Å². The fourth-order valence-corrected chi connectivity index (χ4v) is 1.10. The predicted molar refractivity (Wildman–Crippen MR) is 47.4 cm³/mol. The molecule has 0 aliphatic carbocycles. The number of rotatable bonds is 2. The Morgan fingerprint density at radius 1 is 1.54 bits per heavy atom. The van der Waals surface area contributed by atoms with Crippen LogP contribution in [0.2, 0.25) is 5.02 Å². The number of Topliss-reactive ketones (excluding diaryl/α,β-unsaturated/α-hetero) is 1. The molecule has 13 heavy (non-hydrogen) atoms. The van der Waals surface area contributed by atoms with Crippen LogP contribution in [0.4, 0.5) is 0 Å². The molecule has 0 saturated heterocycles. The summed E-state index contributed by atoms with van der Waals surface area (Å²) in [5, 5.41) is 17.5. The van der Waals surface area contributed by atoms with Crippen molar-refractivity contribution in [2.24, 2.45) is 0 Å². The number of carbonyl (C=O) groups is 1. The van der Waals surface area contributed by atoms with E-state index in [9.17, 15) is 4.79 Å². The molecule has 1 aromatic carbocycles. The lowest BCUT2D eigenvalue weighted by molar-refractivity contribution is 0.0830. The summed E-state index contributed by atoms with van der Waals surface area (Å²) in [7, 11) is 0. The number of benzene rings is 1. The predicted octanol–water partition coefficient (Wildman–Crippen LogP) is 1.41. The zero-order chi connectivity index (χ0) is 9.84. The molecule has 0 bridgehead atoms. The van der Waals surface area contributed by atoms with E-state index in [0.29, 0.717) is 0 Å². The van der Waals surface area contributed by atoms with Gasteiger partial charge in [-0.15, -0.1) is 0 Å². The molecular formula is C9H6ClNO2. The molecule has 1 rings (SSSR count). The largest absolute Gasteiger partial charge is 0.371 e. The van der Waals surface area contributed by atoms with Crippen molar-refractivity contribution in [3.05, 3.63) is 34.9 Å². The molecule has 4 heteroatoms. The quantitative estimate of drug-likeness (QED) is 0.573. The number of aliphatic hydroxyl groups excluding tert-OH is 1. The summed E-state index contributed by atoms with van der Waals surface area (Å²) in [6.07, 6.45) is -1.64. The van der Waals surface area contributed by atoms with Crippen LogP contribution in [-0.2, 0) is 0 Å². The van der Waals surface area contributed by atoms with Crippen LogP contribution in [-0.4, -0.2) is 17.0 Å². The second-order valence-electron chi connectivity index (χ2n) is 2.38. The minimum Gasteiger partial charge on any atom is -0.371 e. The molecule has 0 amide bonds. The maximum atomic E-state index is 11.2. The van der Waals surface area contributed by atoms with E-state index < -0.39 is 11.9 Å². The first-order chi connectivity index (χ1) is 6.16. The van der Waals surface area contributed by atoms with Crippen LogP contribution in [0.25, 0.3) is 0 Å². The molecule has 0 fully saturated rings. The van der Waals surface area contributed by atoms with E-state index in [4.69, 9.17) is 22.0 Å². The van der Waals surface area contributed by atoms with Crippen LogP contribution in [0.15, 0.2) is 24.3 Å². The van der Waals surface area contributed by atoms with Gasteiger partial charge in [0, 0.05) is 5.56 Å². The van der Waals surface area contributed by atoms with Crippen LogP contribution in [0.3, 0.4) is 0 Å². The molecule has 0 radical (unpaired) electrons. The smallest absolute Gasteiger partial charge is 0.207 e. The SMILES string of the molecule is N#CC(O)C(=O)c1ccccc1Cl. The first kappa shape index (κ1) is 9.72. The Morgan fingerprint density at radius 3 is 2.69 bits per heavy atom. The number of nitriles is 1. The van der Waals surface area contributed by atoms with Crippen LogP contribution in [0.5, 0.6) is 0 Å². The third-order valence-electron chi connectivity index (χ3n) is 1.51. The monoisotopic (exact) mass is 195 g/mol. The van der Waals surface area contributed by atoms with E-state index in [1.807, 2.05) is 0 Å². The van der Waals surface area contributed by atoms with Crippen LogP contribution in [0.1, 0.15) is 10.4 Å². The van der Waals surface area contributed by atoms with Crippen molar-refractivity contribution in [1.29, 1.82) is 5.26 Å². The zero-order valence-corrected chi connectivity index (χ0v) is 7.32. The molecule has 1 atom stereocenters. The summed E-state index contributed by atoms with van der Waals surface area (Å²) in [6.45, 7) is 0. The van der Waals surface area contributed by atoms with E-state index in [0.717, 1.165) is 0 Å². The molecule has 1 unspecified atom stereocenters. The summed E-state index contributed by atoms with van der Waals surface area (Å²) in [6, 6.07) is 7.71. The average Bonchev–Trinajstić information content (AvgIpc) is 2.16. The van der Waals surface area contributed by atoms with Crippen molar-refractivity contribution in [1.82, 2.24) is 0 Å². The van der Waals surface area contributed by atoms with Gasteiger partial charge in [0.25, 0.3) is 0 Å². The number of aliphatic hydroxyl groups is 1. The zero-order valence-electron chi connectivity index (χ0n) is 6.57. The maximum absolute atomic E-state index is 11.2. The Bertz CT molecular complexity index is 370. The van der Waals surface area contributed by atoms with Crippen molar-refractivity contribution < 1.29 is 9.90 Å². The second-order valence-corrected chi connectivity index (χ2v) is 2.78. The molecule has 1 aromatic rings. The molecule has 0 aromatic heterocycles. The van der Waals surface area contributed by atoms with E-state index in [2.05, 4.69) is 0 Å². The second kappa shape index (κ2) is 4.04. The van der Waals surface area contributed by atoms with Gasteiger partial charge in [0.15, 0.2) is 0 Å². The summed E-state index contributed by atoms with van der Waals surface area (Å²) in [5.41, 5.74) is 0.165. The lowest BCUT2D eigenvalue weighted by Crippen LogP contribution is -2.18. The molecule has 0 saturated carbocycles. The summed E-state index contributed by atoms with van der Waals surface area (Å²) in [4.78, 5) is 11.2. The molecule has 1 N–H and O–H groups in total. The maximum Gasteiger partial charge on any atom is 0.207 e. The molecule has 0 aliphatic rings. The van der Waals surface area contributed by atoms with Gasteiger partial charge >= 0.3 is 0 Å². The van der Waals surface area contributed by atoms with Gasteiger partial charge < -0.3 is 5.11 Å². The number of halogens is 1. The molecule has 0 spiro atoms. The van der Waals surface area contributed by atoms with Gasteiger partial charge in [0.1, 0.15) is 6.07 Å². The number of hydrogen-bond donors (Lipinski definition) is 1. The third-order valence-corrected chi connectivity index (χ3v) is 1.84. The Hall–Kier alpha value is -1.37.